The molecule has 0 atom stereocenters. The number of anilines is 2. The van der Waals surface area contributed by atoms with Crippen LogP contribution in [0.5, 0.6) is 5.88 Å². The first-order chi connectivity index (χ1) is 9.93. The number of carbonyl (C=O) groups is 1. The van der Waals surface area contributed by atoms with E-state index in [4.69, 9.17) is 27.9 Å². The number of aromatic nitrogens is 1. The molecule has 1 aromatic carbocycles. The van der Waals surface area contributed by atoms with Crippen molar-refractivity contribution in [3.63, 3.8) is 0 Å². The summed E-state index contributed by atoms with van der Waals surface area (Å²) in [7, 11) is 1.39. The Morgan fingerprint density at radius 3 is 2.71 bits per heavy atom. The molecular weight excluding hydrogens is 383 g/mol. The van der Waals surface area contributed by atoms with Crippen molar-refractivity contribution in [3.8, 4) is 5.88 Å². The molecule has 0 bridgehead atoms. The molecule has 1 heterocycles. The van der Waals surface area contributed by atoms with Gasteiger partial charge in [0.25, 0.3) is 0 Å². The summed E-state index contributed by atoms with van der Waals surface area (Å²) >= 11 is 15.5. The van der Waals surface area contributed by atoms with E-state index in [9.17, 15) is 9.90 Å². The number of hydrogen-bond acceptors (Lipinski definition) is 4. The molecule has 110 valence electrons. The van der Waals surface area contributed by atoms with Crippen molar-refractivity contribution in [1.82, 2.24) is 4.98 Å². The Labute approximate surface area is 139 Å². The Morgan fingerprint density at radius 1 is 1.43 bits per heavy atom. The Bertz CT molecular complexity index is 710. The van der Waals surface area contributed by atoms with E-state index >= 15 is 0 Å². The number of ether oxygens (including phenoxy) is 1. The molecule has 2 rings (SSSR count). The summed E-state index contributed by atoms with van der Waals surface area (Å²) in [6.07, 6.45) is 1.17. The van der Waals surface area contributed by atoms with Crippen LogP contribution in [0.2, 0.25) is 10.0 Å². The summed E-state index contributed by atoms with van der Waals surface area (Å²) < 4.78 is 5.79. The molecule has 21 heavy (non-hydrogen) atoms. The second-order valence-electron chi connectivity index (χ2n) is 3.92. The van der Waals surface area contributed by atoms with Gasteiger partial charge in [0.1, 0.15) is 10.6 Å². The van der Waals surface area contributed by atoms with Gasteiger partial charge in [0.2, 0.25) is 5.88 Å². The number of carboxylic acids is 1. The minimum atomic E-state index is -1.16. The molecule has 2 aromatic rings. The quantitative estimate of drug-likeness (QED) is 0.796. The van der Waals surface area contributed by atoms with Crippen LogP contribution in [0.1, 0.15) is 10.4 Å². The molecule has 0 amide bonds. The van der Waals surface area contributed by atoms with Crippen molar-refractivity contribution in [2.45, 2.75) is 0 Å². The normalized spacial score (nSPS) is 10.3. The number of hydrogen-bond donors (Lipinski definition) is 2. The minimum Gasteiger partial charge on any atom is -0.480 e. The molecule has 0 aliphatic rings. The van der Waals surface area contributed by atoms with E-state index in [0.717, 1.165) is 4.47 Å². The number of rotatable bonds is 4. The van der Waals surface area contributed by atoms with Crippen LogP contribution in [-0.4, -0.2) is 23.2 Å². The lowest BCUT2D eigenvalue weighted by atomic mass is 10.2. The van der Waals surface area contributed by atoms with Crippen LogP contribution < -0.4 is 10.1 Å². The highest BCUT2D eigenvalue weighted by atomic mass is 79.9. The van der Waals surface area contributed by atoms with Gasteiger partial charge in [-0.05, 0) is 18.2 Å². The average Bonchev–Trinajstić information content (AvgIpc) is 2.43. The average molecular weight is 392 g/mol. The Balaban J connectivity index is 2.53. The predicted molar refractivity (Wildman–Crippen MR) is 85.2 cm³/mol. The zero-order valence-corrected chi connectivity index (χ0v) is 13.8. The smallest absolute Gasteiger partial charge is 0.339 e. The summed E-state index contributed by atoms with van der Waals surface area (Å²) in [5.74, 6) is -1.04. The van der Waals surface area contributed by atoms with Gasteiger partial charge in [-0.1, -0.05) is 39.1 Å². The molecule has 8 heteroatoms. The number of halogens is 3. The molecule has 0 radical (unpaired) electrons. The van der Waals surface area contributed by atoms with Crippen LogP contribution >= 0.6 is 39.1 Å². The number of methoxy groups -OCH3 is 1. The molecule has 0 saturated heterocycles. The minimum absolute atomic E-state index is 0.0661. The summed E-state index contributed by atoms with van der Waals surface area (Å²) in [4.78, 5) is 15.1. The summed E-state index contributed by atoms with van der Waals surface area (Å²) in [6.45, 7) is 0. The Kier molecular flexibility index (Phi) is 4.92. The zero-order valence-electron chi connectivity index (χ0n) is 10.7. The van der Waals surface area contributed by atoms with Crippen LogP contribution in [0.3, 0.4) is 0 Å². The number of aromatic carboxylic acids is 1. The van der Waals surface area contributed by atoms with E-state index in [0.29, 0.717) is 10.7 Å². The molecule has 0 aliphatic carbocycles. The highest BCUT2D eigenvalue weighted by Crippen LogP contribution is 2.37. The molecule has 0 unspecified atom stereocenters. The highest BCUT2D eigenvalue weighted by Gasteiger charge is 2.19. The maximum atomic E-state index is 11.3. The van der Waals surface area contributed by atoms with E-state index in [2.05, 4.69) is 26.2 Å². The highest BCUT2D eigenvalue weighted by molar-refractivity contribution is 9.10. The molecule has 5 nitrogen and oxygen atoms in total. The lowest BCUT2D eigenvalue weighted by molar-refractivity contribution is 0.0697. The first-order valence-corrected chi connectivity index (χ1v) is 7.16. The van der Waals surface area contributed by atoms with E-state index in [1.807, 2.05) is 0 Å². The molecular formula is C13H9BrCl2N2O3. The van der Waals surface area contributed by atoms with E-state index in [1.165, 1.54) is 13.3 Å². The van der Waals surface area contributed by atoms with Crippen molar-refractivity contribution in [2.75, 3.05) is 12.4 Å². The number of benzene rings is 1. The zero-order chi connectivity index (χ0) is 15.6. The second-order valence-corrected chi connectivity index (χ2v) is 5.63. The fraction of sp³-hybridized carbons (Fsp3) is 0.0769. The molecule has 0 fully saturated rings. The van der Waals surface area contributed by atoms with E-state index in [-0.39, 0.29) is 22.2 Å². The lowest BCUT2D eigenvalue weighted by Crippen LogP contribution is -2.06. The summed E-state index contributed by atoms with van der Waals surface area (Å²) in [6, 6.07) is 5.14. The monoisotopic (exact) mass is 390 g/mol. The lowest BCUT2D eigenvalue weighted by Gasteiger charge is -2.14. The van der Waals surface area contributed by atoms with Gasteiger partial charge >= 0.3 is 5.97 Å². The Hall–Kier alpha value is -1.50. The molecule has 0 aliphatic heterocycles. The van der Waals surface area contributed by atoms with Gasteiger partial charge in [-0.3, -0.25) is 0 Å². The van der Waals surface area contributed by atoms with Gasteiger partial charge < -0.3 is 15.2 Å². The molecule has 2 N–H and O–H groups in total. The standard InChI is InChI=1S/C13H9BrCl2N2O3/c1-21-12-10(16)11(7(5-17-12)13(19)20)18-9-3-2-6(14)4-8(9)15/h2-5H,1H3,(H,17,18)(H,19,20). The number of carboxylic acid groups (broad SMARTS) is 1. The number of nitrogens with one attached hydrogen (secondary N) is 1. The van der Waals surface area contributed by atoms with Crippen LogP contribution in [-0.2, 0) is 0 Å². The van der Waals surface area contributed by atoms with E-state index in [1.54, 1.807) is 18.2 Å². The van der Waals surface area contributed by atoms with Gasteiger partial charge in [0.15, 0.2) is 0 Å². The SMILES string of the molecule is COc1ncc(C(=O)O)c(Nc2ccc(Br)cc2Cl)c1Cl. The van der Waals surface area contributed by atoms with Crippen LogP contribution in [0.15, 0.2) is 28.9 Å². The third-order valence-corrected chi connectivity index (χ3v) is 3.76. The predicted octanol–water partition coefficient (Wildman–Crippen LogP) is 4.60. The number of nitrogens with zero attached hydrogens (tertiary/aromatic N) is 1. The Morgan fingerprint density at radius 2 is 2.14 bits per heavy atom. The van der Waals surface area contributed by atoms with Crippen molar-refractivity contribution >= 4 is 56.5 Å². The number of pyridine rings is 1. The van der Waals surface area contributed by atoms with Gasteiger partial charge in [-0.2, -0.15) is 0 Å². The van der Waals surface area contributed by atoms with Crippen molar-refractivity contribution in [2.24, 2.45) is 0 Å². The molecule has 1 aromatic heterocycles. The molecule has 0 spiro atoms. The fourth-order valence-corrected chi connectivity index (χ4v) is 2.62. The maximum Gasteiger partial charge on any atom is 0.339 e. The first kappa shape index (κ1) is 15.9. The van der Waals surface area contributed by atoms with Gasteiger partial charge in [-0.25, -0.2) is 9.78 Å². The van der Waals surface area contributed by atoms with Gasteiger partial charge in [-0.15, -0.1) is 0 Å². The summed E-state index contributed by atoms with van der Waals surface area (Å²) in [5, 5.41) is 12.6. The third kappa shape index (κ3) is 3.40. The van der Waals surface area contributed by atoms with Crippen LogP contribution in [0.25, 0.3) is 0 Å². The first-order valence-electron chi connectivity index (χ1n) is 5.62. The van der Waals surface area contributed by atoms with Crippen LogP contribution in [0, 0.1) is 0 Å². The second kappa shape index (κ2) is 6.51. The third-order valence-electron chi connectivity index (χ3n) is 2.60. The van der Waals surface area contributed by atoms with Crippen molar-refractivity contribution in [3.05, 3.63) is 44.5 Å². The van der Waals surface area contributed by atoms with Gasteiger partial charge in [0, 0.05) is 10.7 Å². The maximum absolute atomic E-state index is 11.3. The van der Waals surface area contributed by atoms with Crippen LogP contribution in [0.4, 0.5) is 11.4 Å². The van der Waals surface area contributed by atoms with Crippen molar-refractivity contribution < 1.29 is 14.6 Å². The summed E-state index contributed by atoms with van der Waals surface area (Å²) in [5.41, 5.74) is 0.595. The van der Waals surface area contributed by atoms with Gasteiger partial charge in [0.05, 0.1) is 23.5 Å². The van der Waals surface area contributed by atoms with E-state index < -0.39 is 5.97 Å². The largest absolute Gasteiger partial charge is 0.480 e. The topological polar surface area (TPSA) is 71.5 Å². The fourth-order valence-electron chi connectivity index (χ4n) is 1.62. The molecule has 0 saturated carbocycles. The van der Waals surface area contributed by atoms with Crippen molar-refractivity contribution in [1.29, 1.82) is 0 Å².